The highest BCUT2D eigenvalue weighted by Gasteiger charge is 2.41. The average Bonchev–Trinajstić information content (AvgIpc) is 3.14. The first kappa shape index (κ1) is 21.4. The van der Waals surface area contributed by atoms with Crippen molar-refractivity contribution >= 4 is 5.91 Å². The predicted molar refractivity (Wildman–Crippen MR) is 95.9 cm³/mol. The topological polar surface area (TPSA) is 46.9 Å². The molecule has 0 saturated carbocycles. The minimum Gasteiger partial charge on any atom is -0.345 e. The van der Waals surface area contributed by atoms with Gasteiger partial charge in [-0.2, -0.15) is 31.4 Å². The Morgan fingerprint density at radius 1 is 0.967 bits per heavy atom. The lowest BCUT2D eigenvalue weighted by Crippen LogP contribution is -2.29. The molecule has 0 aliphatic rings. The molecule has 1 N–H and O–H groups in total. The number of aromatic nitrogens is 2. The van der Waals surface area contributed by atoms with E-state index < -0.39 is 46.8 Å². The number of carbonyl (C=O) groups is 1. The maximum atomic E-state index is 13.7. The van der Waals surface area contributed by atoms with E-state index in [4.69, 9.17) is 0 Å². The average molecular weight is 427 g/mol. The first-order valence-corrected chi connectivity index (χ1v) is 8.67. The smallest absolute Gasteiger partial charge is 0.345 e. The Bertz CT molecular complexity index is 1040. The standard InChI is InChI=1S/C20H15F6N3O/c1-12(13-6-3-2-4-7-13)28-18(30)16-11-27-29(17(16)20(24,25)26)15-9-5-8-14(10-15)19(21,22)23/h2-12H,1H3,(H,28,30). The Hall–Kier alpha value is -3.30. The Kier molecular flexibility index (Phi) is 5.60. The molecule has 0 aliphatic carbocycles. The summed E-state index contributed by atoms with van der Waals surface area (Å²) in [7, 11) is 0. The minimum absolute atomic E-state index is 0.289. The summed E-state index contributed by atoms with van der Waals surface area (Å²) in [6.07, 6.45) is -9.09. The number of nitrogens with zero attached hydrogens (tertiary/aromatic N) is 2. The Morgan fingerprint density at radius 2 is 1.63 bits per heavy atom. The normalized spacial score (nSPS) is 13.2. The van der Waals surface area contributed by atoms with Crippen molar-refractivity contribution in [3.05, 3.63) is 83.2 Å². The van der Waals surface area contributed by atoms with Crippen LogP contribution in [0.15, 0.2) is 60.8 Å². The molecule has 1 atom stereocenters. The van der Waals surface area contributed by atoms with E-state index in [0.29, 0.717) is 17.8 Å². The van der Waals surface area contributed by atoms with Gasteiger partial charge in [0.1, 0.15) is 0 Å². The van der Waals surface area contributed by atoms with E-state index in [0.717, 1.165) is 18.2 Å². The second-order valence-electron chi connectivity index (χ2n) is 6.47. The van der Waals surface area contributed by atoms with Crippen LogP contribution in [0.2, 0.25) is 0 Å². The molecule has 30 heavy (non-hydrogen) atoms. The van der Waals surface area contributed by atoms with E-state index >= 15 is 0 Å². The summed E-state index contributed by atoms with van der Waals surface area (Å²) < 4.78 is 80.3. The van der Waals surface area contributed by atoms with Crippen LogP contribution >= 0.6 is 0 Å². The van der Waals surface area contributed by atoms with Crippen molar-refractivity contribution in [1.29, 1.82) is 0 Å². The van der Waals surface area contributed by atoms with Gasteiger partial charge < -0.3 is 5.32 Å². The molecule has 0 bridgehead atoms. The molecular weight excluding hydrogens is 412 g/mol. The van der Waals surface area contributed by atoms with Crippen LogP contribution < -0.4 is 5.32 Å². The molecule has 0 aliphatic heterocycles. The van der Waals surface area contributed by atoms with Crippen molar-refractivity contribution in [2.45, 2.75) is 25.3 Å². The number of carbonyl (C=O) groups excluding carboxylic acids is 1. The fraction of sp³-hybridized carbons (Fsp3) is 0.200. The monoisotopic (exact) mass is 427 g/mol. The van der Waals surface area contributed by atoms with E-state index in [1.807, 2.05) is 0 Å². The van der Waals surface area contributed by atoms with Gasteiger partial charge >= 0.3 is 12.4 Å². The van der Waals surface area contributed by atoms with Crippen LogP contribution in [0.5, 0.6) is 0 Å². The zero-order valence-corrected chi connectivity index (χ0v) is 15.4. The molecule has 0 saturated heterocycles. The third-order valence-corrected chi connectivity index (χ3v) is 4.35. The van der Waals surface area contributed by atoms with E-state index in [2.05, 4.69) is 10.4 Å². The first-order valence-electron chi connectivity index (χ1n) is 8.67. The summed E-state index contributed by atoms with van der Waals surface area (Å²) >= 11 is 0. The van der Waals surface area contributed by atoms with Crippen molar-refractivity contribution in [1.82, 2.24) is 15.1 Å². The molecule has 158 valence electrons. The third kappa shape index (κ3) is 4.47. The van der Waals surface area contributed by atoms with E-state index in [9.17, 15) is 31.1 Å². The van der Waals surface area contributed by atoms with Crippen molar-refractivity contribution in [3.8, 4) is 5.69 Å². The lowest BCUT2D eigenvalue weighted by atomic mass is 10.1. The Balaban J connectivity index is 2.00. The summed E-state index contributed by atoms with van der Waals surface area (Å²) in [4.78, 5) is 12.5. The molecule has 1 heterocycles. The number of hydrogen-bond donors (Lipinski definition) is 1. The van der Waals surface area contributed by atoms with Crippen molar-refractivity contribution in [2.75, 3.05) is 0 Å². The first-order chi connectivity index (χ1) is 14.0. The van der Waals surface area contributed by atoms with Crippen LogP contribution in [0, 0.1) is 0 Å². The maximum absolute atomic E-state index is 13.7. The molecule has 10 heteroatoms. The lowest BCUT2D eigenvalue weighted by molar-refractivity contribution is -0.143. The number of amides is 1. The van der Waals surface area contributed by atoms with Crippen molar-refractivity contribution in [2.24, 2.45) is 0 Å². The van der Waals surface area contributed by atoms with E-state index in [-0.39, 0.29) is 4.68 Å². The SMILES string of the molecule is CC(NC(=O)c1cnn(-c2cccc(C(F)(F)F)c2)c1C(F)(F)F)c1ccccc1. The molecule has 4 nitrogen and oxygen atoms in total. The van der Waals surface area contributed by atoms with Crippen LogP contribution in [0.25, 0.3) is 5.69 Å². The molecular formula is C20H15F6N3O. The molecule has 0 fully saturated rings. The van der Waals surface area contributed by atoms with E-state index in [1.165, 1.54) is 0 Å². The number of benzene rings is 2. The molecule has 0 radical (unpaired) electrons. The number of alkyl halides is 6. The van der Waals surface area contributed by atoms with Crippen molar-refractivity contribution in [3.63, 3.8) is 0 Å². The van der Waals surface area contributed by atoms with Crippen LogP contribution in [0.1, 0.15) is 40.1 Å². The lowest BCUT2D eigenvalue weighted by Gasteiger charge is -2.16. The Morgan fingerprint density at radius 3 is 2.23 bits per heavy atom. The van der Waals surface area contributed by atoms with Gasteiger partial charge in [-0.3, -0.25) is 4.79 Å². The molecule has 1 amide bonds. The second-order valence-corrected chi connectivity index (χ2v) is 6.47. The van der Waals surface area contributed by atoms with Gasteiger partial charge in [0.2, 0.25) is 0 Å². The fourth-order valence-corrected chi connectivity index (χ4v) is 2.90. The third-order valence-electron chi connectivity index (χ3n) is 4.35. The highest BCUT2D eigenvalue weighted by atomic mass is 19.4. The maximum Gasteiger partial charge on any atom is 0.434 e. The zero-order valence-electron chi connectivity index (χ0n) is 15.4. The molecule has 2 aromatic carbocycles. The van der Waals surface area contributed by atoms with Crippen LogP contribution in [0.3, 0.4) is 0 Å². The second kappa shape index (κ2) is 7.85. The summed E-state index contributed by atoms with van der Waals surface area (Å²) in [5.74, 6) is -1.04. The van der Waals surface area contributed by atoms with Crippen LogP contribution in [0.4, 0.5) is 26.3 Å². The van der Waals surface area contributed by atoms with Crippen molar-refractivity contribution < 1.29 is 31.1 Å². The quantitative estimate of drug-likeness (QED) is 0.567. The highest BCUT2D eigenvalue weighted by Crippen LogP contribution is 2.35. The number of rotatable bonds is 4. The summed E-state index contributed by atoms with van der Waals surface area (Å²) in [6.45, 7) is 1.59. The largest absolute Gasteiger partial charge is 0.434 e. The predicted octanol–water partition coefficient (Wildman–Crippen LogP) is 5.40. The molecule has 3 rings (SSSR count). The molecule has 1 unspecified atom stereocenters. The molecule has 3 aromatic rings. The summed E-state index contributed by atoms with van der Waals surface area (Å²) in [5.41, 5.74) is -3.17. The number of hydrogen-bond acceptors (Lipinski definition) is 2. The Labute approximate surface area is 167 Å². The zero-order chi connectivity index (χ0) is 22.1. The molecule has 0 spiro atoms. The van der Waals surface area contributed by atoms with Crippen LogP contribution in [-0.2, 0) is 12.4 Å². The van der Waals surface area contributed by atoms with Gasteiger partial charge in [-0.25, -0.2) is 4.68 Å². The van der Waals surface area contributed by atoms with Gasteiger partial charge in [0.25, 0.3) is 5.91 Å². The summed E-state index contributed by atoms with van der Waals surface area (Å²) in [6, 6.07) is 11.3. The highest BCUT2D eigenvalue weighted by molar-refractivity contribution is 5.95. The number of nitrogens with one attached hydrogen (secondary N) is 1. The van der Waals surface area contributed by atoms with Gasteiger partial charge in [-0.15, -0.1) is 0 Å². The number of halogens is 6. The van der Waals surface area contributed by atoms with Crippen LogP contribution in [-0.4, -0.2) is 15.7 Å². The molecule has 1 aromatic heterocycles. The van der Waals surface area contributed by atoms with Gasteiger partial charge in [0, 0.05) is 0 Å². The van der Waals surface area contributed by atoms with E-state index in [1.54, 1.807) is 37.3 Å². The minimum atomic E-state index is -5.03. The van der Waals surface area contributed by atoms with Gasteiger partial charge in [0.05, 0.1) is 29.1 Å². The van der Waals surface area contributed by atoms with Gasteiger partial charge in [-0.05, 0) is 30.7 Å². The van der Waals surface area contributed by atoms with Gasteiger partial charge in [-0.1, -0.05) is 36.4 Å². The fourth-order valence-electron chi connectivity index (χ4n) is 2.90. The summed E-state index contributed by atoms with van der Waals surface area (Å²) in [5, 5.41) is 6.00. The van der Waals surface area contributed by atoms with Gasteiger partial charge in [0.15, 0.2) is 5.69 Å².